The lowest BCUT2D eigenvalue weighted by molar-refractivity contribution is 0.596. The smallest absolute Gasteiger partial charge is 0.0579 e. The first-order valence-corrected chi connectivity index (χ1v) is 7.49. The van der Waals surface area contributed by atoms with Crippen LogP contribution in [0.25, 0.3) is 0 Å². The van der Waals surface area contributed by atoms with Gasteiger partial charge < -0.3 is 5.32 Å². The average molecular weight is 267 g/mol. The van der Waals surface area contributed by atoms with Gasteiger partial charge in [0.05, 0.1) is 6.04 Å². The first kappa shape index (κ1) is 14.8. The van der Waals surface area contributed by atoms with Gasteiger partial charge in [-0.1, -0.05) is 49.4 Å². The van der Waals surface area contributed by atoms with E-state index in [1.54, 1.807) is 0 Å². The SMILES string of the molecule is CCCNC(c1ccccc1)c1cc(C)c(C)cc1C. The second-order valence-corrected chi connectivity index (χ2v) is 5.59. The standard InChI is InChI=1S/C19H25N/c1-5-11-20-19(17-9-7-6-8-10-17)18-13-15(3)14(2)12-16(18)4/h6-10,12-13,19-20H,5,11H2,1-4H3. The van der Waals surface area contributed by atoms with Gasteiger partial charge in [-0.15, -0.1) is 0 Å². The summed E-state index contributed by atoms with van der Waals surface area (Å²) in [7, 11) is 0. The molecule has 20 heavy (non-hydrogen) atoms. The summed E-state index contributed by atoms with van der Waals surface area (Å²) < 4.78 is 0. The minimum Gasteiger partial charge on any atom is -0.306 e. The molecular weight excluding hydrogens is 242 g/mol. The average Bonchev–Trinajstić information content (AvgIpc) is 2.45. The van der Waals surface area contributed by atoms with Crippen molar-refractivity contribution in [3.63, 3.8) is 0 Å². The van der Waals surface area contributed by atoms with Gasteiger partial charge in [0.25, 0.3) is 0 Å². The normalized spacial score (nSPS) is 12.4. The number of benzene rings is 2. The highest BCUT2D eigenvalue weighted by Crippen LogP contribution is 2.27. The van der Waals surface area contributed by atoms with Crippen LogP contribution in [0.5, 0.6) is 0 Å². The van der Waals surface area contributed by atoms with Crippen molar-refractivity contribution in [2.24, 2.45) is 0 Å². The summed E-state index contributed by atoms with van der Waals surface area (Å²) in [5, 5.41) is 3.69. The summed E-state index contributed by atoms with van der Waals surface area (Å²) in [5.74, 6) is 0. The number of rotatable bonds is 5. The Morgan fingerprint density at radius 2 is 1.55 bits per heavy atom. The van der Waals surface area contributed by atoms with E-state index in [0.29, 0.717) is 0 Å². The van der Waals surface area contributed by atoms with Crippen LogP contribution in [0.2, 0.25) is 0 Å². The zero-order chi connectivity index (χ0) is 14.5. The second kappa shape index (κ2) is 6.71. The number of aryl methyl sites for hydroxylation is 3. The van der Waals surface area contributed by atoms with Crippen LogP contribution in [0.15, 0.2) is 42.5 Å². The van der Waals surface area contributed by atoms with Gasteiger partial charge in [-0.3, -0.25) is 0 Å². The molecule has 0 radical (unpaired) electrons. The van der Waals surface area contributed by atoms with Gasteiger partial charge in [0.15, 0.2) is 0 Å². The zero-order valence-corrected chi connectivity index (χ0v) is 13.0. The number of hydrogen-bond acceptors (Lipinski definition) is 1. The van der Waals surface area contributed by atoms with Gasteiger partial charge in [0.2, 0.25) is 0 Å². The van der Waals surface area contributed by atoms with Gasteiger partial charge in [0.1, 0.15) is 0 Å². The third-order valence-electron chi connectivity index (χ3n) is 3.92. The van der Waals surface area contributed by atoms with E-state index in [2.05, 4.69) is 75.5 Å². The van der Waals surface area contributed by atoms with Crippen LogP contribution < -0.4 is 5.32 Å². The molecule has 1 N–H and O–H groups in total. The molecule has 0 saturated heterocycles. The Morgan fingerprint density at radius 1 is 0.900 bits per heavy atom. The lowest BCUT2D eigenvalue weighted by Crippen LogP contribution is -2.24. The van der Waals surface area contributed by atoms with Crippen molar-refractivity contribution < 1.29 is 0 Å². The maximum absolute atomic E-state index is 3.69. The molecule has 0 saturated carbocycles. The summed E-state index contributed by atoms with van der Waals surface area (Å²) in [4.78, 5) is 0. The molecule has 1 nitrogen and oxygen atoms in total. The summed E-state index contributed by atoms with van der Waals surface area (Å²) in [6, 6.07) is 15.7. The molecule has 0 heterocycles. The quantitative estimate of drug-likeness (QED) is 0.828. The largest absolute Gasteiger partial charge is 0.306 e. The Labute approximate surface area is 123 Å². The fraction of sp³-hybridized carbons (Fsp3) is 0.368. The topological polar surface area (TPSA) is 12.0 Å². The fourth-order valence-electron chi connectivity index (χ4n) is 2.64. The minimum atomic E-state index is 0.287. The third-order valence-corrected chi connectivity index (χ3v) is 3.92. The molecule has 0 aromatic heterocycles. The lowest BCUT2D eigenvalue weighted by Gasteiger charge is -2.22. The van der Waals surface area contributed by atoms with Crippen molar-refractivity contribution >= 4 is 0 Å². The highest BCUT2D eigenvalue weighted by Gasteiger charge is 2.16. The van der Waals surface area contributed by atoms with E-state index in [1.807, 2.05) is 0 Å². The van der Waals surface area contributed by atoms with Gasteiger partial charge in [0, 0.05) is 0 Å². The Bertz CT molecular complexity index is 557. The molecular formula is C19H25N. The van der Waals surface area contributed by atoms with Crippen molar-refractivity contribution in [2.75, 3.05) is 6.54 Å². The molecule has 0 amide bonds. The van der Waals surface area contributed by atoms with E-state index in [1.165, 1.54) is 27.8 Å². The van der Waals surface area contributed by atoms with Crippen molar-refractivity contribution in [1.29, 1.82) is 0 Å². The van der Waals surface area contributed by atoms with Crippen LogP contribution in [0.3, 0.4) is 0 Å². The van der Waals surface area contributed by atoms with Crippen LogP contribution in [0.4, 0.5) is 0 Å². The number of hydrogen-bond donors (Lipinski definition) is 1. The molecule has 1 atom stereocenters. The Balaban J connectivity index is 2.44. The summed E-state index contributed by atoms with van der Waals surface area (Å²) >= 11 is 0. The maximum Gasteiger partial charge on any atom is 0.0579 e. The highest BCUT2D eigenvalue weighted by molar-refractivity contribution is 5.42. The Kier molecular flexibility index (Phi) is 4.97. The highest BCUT2D eigenvalue weighted by atomic mass is 14.9. The predicted molar refractivity (Wildman–Crippen MR) is 87.2 cm³/mol. The van der Waals surface area contributed by atoms with E-state index >= 15 is 0 Å². The molecule has 0 aliphatic heterocycles. The van der Waals surface area contributed by atoms with Crippen molar-refractivity contribution in [2.45, 2.75) is 40.2 Å². The molecule has 0 fully saturated rings. The molecule has 106 valence electrons. The molecule has 2 rings (SSSR count). The van der Waals surface area contributed by atoms with E-state index in [-0.39, 0.29) is 6.04 Å². The van der Waals surface area contributed by atoms with E-state index in [4.69, 9.17) is 0 Å². The van der Waals surface area contributed by atoms with Crippen LogP contribution in [0, 0.1) is 20.8 Å². The molecule has 2 aromatic rings. The molecule has 2 aromatic carbocycles. The molecule has 0 aliphatic carbocycles. The van der Waals surface area contributed by atoms with Crippen molar-refractivity contribution in [3.05, 3.63) is 70.3 Å². The molecule has 0 spiro atoms. The van der Waals surface area contributed by atoms with E-state index in [9.17, 15) is 0 Å². The predicted octanol–water partition coefficient (Wildman–Crippen LogP) is 4.70. The molecule has 1 heteroatoms. The minimum absolute atomic E-state index is 0.287. The van der Waals surface area contributed by atoms with Crippen molar-refractivity contribution in [1.82, 2.24) is 5.32 Å². The van der Waals surface area contributed by atoms with Crippen LogP contribution in [-0.2, 0) is 0 Å². The van der Waals surface area contributed by atoms with E-state index in [0.717, 1.165) is 13.0 Å². The molecule has 0 bridgehead atoms. The summed E-state index contributed by atoms with van der Waals surface area (Å²) in [6.07, 6.45) is 1.15. The van der Waals surface area contributed by atoms with Crippen LogP contribution in [-0.4, -0.2) is 6.54 Å². The first-order chi connectivity index (χ1) is 9.63. The Hall–Kier alpha value is -1.60. The van der Waals surface area contributed by atoms with Gasteiger partial charge in [-0.25, -0.2) is 0 Å². The Morgan fingerprint density at radius 3 is 2.20 bits per heavy atom. The second-order valence-electron chi connectivity index (χ2n) is 5.59. The van der Waals surface area contributed by atoms with Gasteiger partial charge >= 0.3 is 0 Å². The zero-order valence-electron chi connectivity index (χ0n) is 13.0. The monoisotopic (exact) mass is 267 g/mol. The fourth-order valence-corrected chi connectivity index (χ4v) is 2.64. The van der Waals surface area contributed by atoms with Crippen LogP contribution >= 0.6 is 0 Å². The summed E-state index contributed by atoms with van der Waals surface area (Å²) in [5.41, 5.74) is 6.84. The molecule has 1 unspecified atom stereocenters. The first-order valence-electron chi connectivity index (χ1n) is 7.49. The van der Waals surface area contributed by atoms with Crippen LogP contribution in [0.1, 0.15) is 47.2 Å². The summed E-state index contributed by atoms with van der Waals surface area (Å²) in [6.45, 7) is 9.84. The van der Waals surface area contributed by atoms with Crippen molar-refractivity contribution in [3.8, 4) is 0 Å². The van der Waals surface area contributed by atoms with E-state index < -0.39 is 0 Å². The van der Waals surface area contributed by atoms with Gasteiger partial charge in [-0.2, -0.15) is 0 Å². The number of nitrogens with one attached hydrogen (secondary N) is 1. The molecule has 0 aliphatic rings. The third kappa shape index (κ3) is 3.29. The lowest BCUT2D eigenvalue weighted by atomic mass is 9.91. The van der Waals surface area contributed by atoms with Gasteiger partial charge in [-0.05, 0) is 61.6 Å². The maximum atomic E-state index is 3.69.